The quantitative estimate of drug-likeness (QED) is 0.690. The summed E-state index contributed by atoms with van der Waals surface area (Å²) in [5.41, 5.74) is 2.58. The fourth-order valence-electron chi connectivity index (χ4n) is 1.18. The molecule has 1 aliphatic rings. The van der Waals surface area contributed by atoms with Crippen LogP contribution < -0.4 is 0 Å². The van der Waals surface area contributed by atoms with Crippen LogP contribution in [-0.2, 0) is 0 Å². The highest BCUT2D eigenvalue weighted by atomic mass is 79.9. The second-order valence-corrected chi connectivity index (χ2v) is 5.55. The maximum Gasteiger partial charge on any atom is 0.0991 e. The first-order chi connectivity index (χ1) is 8.02. The van der Waals surface area contributed by atoms with Crippen molar-refractivity contribution in [2.45, 2.75) is 33.6 Å². The summed E-state index contributed by atoms with van der Waals surface area (Å²) in [6.07, 6.45) is 2.97. The minimum Gasteiger partial charge on any atom is -0.246 e. The molecule has 0 aromatic heterocycles. The van der Waals surface area contributed by atoms with Crippen LogP contribution in [0.2, 0.25) is 0 Å². The Balaban J connectivity index is 0.000000302. The van der Waals surface area contributed by atoms with Crippen LogP contribution >= 0.6 is 15.9 Å². The average molecular weight is 293 g/mol. The van der Waals surface area contributed by atoms with E-state index in [1.807, 2.05) is 26.0 Å². The maximum absolute atomic E-state index is 8.64. The van der Waals surface area contributed by atoms with E-state index < -0.39 is 0 Å². The van der Waals surface area contributed by atoms with Crippen molar-refractivity contribution in [2.75, 3.05) is 0 Å². The number of hydrogen-bond acceptors (Lipinski definition) is 2. The minimum atomic E-state index is 0.670. The Morgan fingerprint density at radius 2 is 2.06 bits per heavy atom. The highest BCUT2D eigenvalue weighted by Crippen LogP contribution is 2.26. The van der Waals surface area contributed by atoms with Gasteiger partial charge in [-0.1, -0.05) is 19.8 Å². The van der Waals surface area contributed by atoms with Gasteiger partial charge in [0.15, 0.2) is 0 Å². The number of halogens is 1. The molecular weight excluding hydrogens is 276 g/mol. The first kappa shape index (κ1) is 13.9. The molecule has 1 aromatic carbocycles. The van der Waals surface area contributed by atoms with Crippen LogP contribution in [0.1, 0.15) is 37.8 Å². The molecule has 17 heavy (non-hydrogen) atoms. The van der Waals surface area contributed by atoms with Gasteiger partial charge >= 0.3 is 0 Å². The highest BCUT2D eigenvalue weighted by molar-refractivity contribution is 9.18. The molecule has 2 nitrogen and oxygen atoms in total. The first-order valence-electron chi connectivity index (χ1n) is 5.74. The number of benzene rings is 1. The smallest absolute Gasteiger partial charge is 0.0991 e. The van der Waals surface area contributed by atoms with Crippen molar-refractivity contribution < 1.29 is 0 Å². The maximum atomic E-state index is 8.64. The normalized spacial score (nSPS) is 14.6. The first-order valence-corrected chi connectivity index (χ1v) is 6.53. The van der Waals surface area contributed by atoms with E-state index in [0.29, 0.717) is 5.56 Å². The number of nitrogens with zero attached hydrogens (tertiary/aromatic N) is 2. The van der Waals surface area contributed by atoms with Gasteiger partial charge in [0.1, 0.15) is 0 Å². The van der Waals surface area contributed by atoms with Crippen LogP contribution in [0, 0.1) is 24.2 Å². The Morgan fingerprint density at radius 3 is 2.41 bits per heavy atom. The lowest BCUT2D eigenvalue weighted by Gasteiger charge is -1.99. The van der Waals surface area contributed by atoms with Crippen LogP contribution in [0.15, 0.2) is 23.2 Å². The number of aliphatic imine (C=N–C) groups is 1. The molecule has 1 fully saturated rings. The van der Waals surface area contributed by atoms with Gasteiger partial charge in [-0.25, -0.2) is 4.99 Å². The fraction of sp³-hybridized carbons (Fsp3) is 0.429. The number of aryl methyl sites for hydroxylation is 1. The predicted molar refractivity (Wildman–Crippen MR) is 76.0 cm³/mol. The molecule has 0 amide bonds. The van der Waals surface area contributed by atoms with Crippen LogP contribution in [0.3, 0.4) is 0 Å². The lowest BCUT2D eigenvalue weighted by molar-refractivity contribution is 0.983. The summed E-state index contributed by atoms with van der Waals surface area (Å²) in [6, 6.07) is 7.53. The van der Waals surface area contributed by atoms with Gasteiger partial charge < -0.3 is 0 Å². The number of hydrogen-bond donors (Lipinski definition) is 0. The summed E-state index contributed by atoms with van der Waals surface area (Å²) in [4.78, 5) is 4.26. The molecule has 1 aliphatic carbocycles. The Hall–Kier alpha value is -1.14. The lowest BCUT2D eigenvalue weighted by atomic mass is 10.1. The van der Waals surface area contributed by atoms with E-state index in [4.69, 9.17) is 5.26 Å². The SMILES string of the molecule is CC(Br)=Nc1ccc(C#N)cc1C.CC1CC1. The van der Waals surface area contributed by atoms with E-state index in [9.17, 15) is 0 Å². The monoisotopic (exact) mass is 292 g/mol. The molecule has 0 radical (unpaired) electrons. The molecule has 0 unspecified atom stereocenters. The minimum absolute atomic E-state index is 0.670. The summed E-state index contributed by atoms with van der Waals surface area (Å²) in [5.74, 6) is 1.08. The molecular formula is C14H17BrN2. The summed E-state index contributed by atoms with van der Waals surface area (Å²) >= 11 is 3.27. The third-order valence-corrected chi connectivity index (χ3v) is 2.64. The Bertz CT molecular complexity index is 450. The van der Waals surface area contributed by atoms with Gasteiger partial charge in [-0.05, 0) is 59.5 Å². The molecule has 1 aromatic rings. The molecule has 1 saturated carbocycles. The Kier molecular flexibility index (Phi) is 5.37. The standard InChI is InChI=1S/C10H9BrN2.C4H8/c1-7-5-9(6-12)3-4-10(7)13-8(2)11;1-4-2-3-4/h3-5H,1-2H3;4H,2-3H2,1H3. The van der Waals surface area contributed by atoms with Crippen molar-refractivity contribution in [3.63, 3.8) is 0 Å². The van der Waals surface area contributed by atoms with Gasteiger partial charge in [-0.2, -0.15) is 5.26 Å². The zero-order valence-electron chi connectivity index (χ0n) is 10.5. The third kappa shape index (κ3) is 5.65. The van der Waals surface area contributed by atoms with Gasteiger partial charge in [-0.3, -0.25) is 0 Å². The van der Waals surface area contributed by atoms with Crippen molar-refractivity contribution in [2.24, 2.45) is 10.9 Å². The van der Waals surface area contributed by atoms with Crippen molar-refractivity contribution in [1.29, 1.82) is 5.26 Å². The van der Waals surface area contributed by atoms with Crippen LogP contribution in [0.25, 0.3) is 0 Å². The molecule has 0 saturated heterocycles. The van der Waals surface area contributed by atoms with E-state index in [-0.39, 0.29) is 0 Å². The molecule has 0 spiro atoms. The van der Waals surface area contributed by atoms with Crippen molar-refractivity contribution >= 4 is 26.2 Å². The third-order valence-electron chi connectivity index (χ3n) is 2.47. The predicted octanol–water partition coefficient (Wildman–Crippen LogP) is 4.73. The number of nitriles is 1. The average Bonchev–Trinajstić information content (AvgIpc) is 3.04. The second-order valence-electron chi connectivity index (χ2n) is 4.40. The summed E-state index contributed by atoms with van der Waals surface area (Å²) < 4.78 is 0.834. The zero-order valence-corrected chi connectivity index (χ0v) is 12.1. The van der Waals surface area contributed by atoms with Crippen molar-refractivity contribution in [1.82, 2.24) is 0 Å². The van der Waals surface area contributed by atoms with Crippen molar-refractivity contribution in [3.05, 3.63) is 29.3 Å². The van der Waals surface area contributed by atoms with Gasteiger partial charge in [-0.15, -0.1) is 0 Å². The number of rotatable bonds is 1. The molecule has 90 valence electrons. The van der Waals surface area contributed by atoms with Crippen LogP contribution in [0.5, 0.6) is 0 Å². The Labute approximate surface area is 112 Å². The zero-order chi connectivity index (χ0) is 12.8. The van der Waals surface area contributed by atoms with E-state index in [0.717, 1.165) is 21.8 Å². The molecule has 2 rings (SSSR count). The molecule has 0 bridgehead atoms. The summed E-state index contributed by atoms with van der Waals surface area (Å²) in [7, 11) is 0. The van der Waals surface area contributed by atoms with E-state index in [1.54, 1.807) is 6.07 Å². The molecule has 3 heteroatoms. The van der Waals surface area contributed by atoms with Gasteiger partial charge in [0.25, 0.3) is 0 Å². The molecule has 0 atom stereocenters. The van der Waals surface area contributed by atoms with Crippen LogP contribution in [-0.4, -0.2) is 4.62 Å². The fourth-order valence-corrected chi connectivity index (χ4v) is 1.37. The molecule has 0 heterocycles. The van der Waals surface area contributed by atoms with E-state index >= 15 is 0 Å². The molecule has 0 N–H and O–H groups in total. The van der Waals surface area contributed by atoms with Gasteiger partial charge in [0, 0.05) is 0 Å². The van der Waals surface area contributed by atoms with Crippen LogP contribution in [0.4, 0.5) is 5.69 Å². The van der Waals surface area contributed by atoms with E-state index in [1.165, 1.54) is 12.8 Å². The second kappa shape index (κ2) is 6.56. The van der Waals surface area contributed by atoms with Gasteiger partial charge in [0.05, 0.1) is 21.9 Å². The summed E-state index contributed by atoms with van der Waals surface area (Å²) in [6.45, 7) is 6.09. The summed E-state index contributed by atoms with van der Waals surface area (Å²) in [5, 5.41) is 8.64. The van der Waals surface area contributed by atoms with E-state index in [2.05, 4.69) is 33.9 Å². The lowest BCUT2D eigenvalue weighted by Crippen LogP contribution is -1.80. The topological polar surface area (TPSA) is 36.1 Å². The highest BCUT2D eigenvalue weighted by Gasteiger charge is 2.12. The molecule has 0 aliphatic heterocycles. The van der Waals surface area contributed by atoms with Gasteiger partial charge in [0.2, 0.25) is 0 Å². The van der Waals surface area contributed by atoms with Crippen molar-refractivity contribution in [3.8, 4) is 6.07 Å². The Morgan fingerprint density at radius 1 is 1.47 bits per heavy atom. The largest absolute Gasteiger partial charge is 0.246 e.